The number of hydrogen-bond donors (Lipinski definition) is 2. The molecule has 3 heterocycles. The lowest BCUT2D eigenvalue weighted by Gasteiger charge is -2.37. The summed E-state index contributed by atoms with van der Waals surface area (Å²) in [6.45, 7) is 4.78. The van der Waals surface area contributed by atoms with E-state index in [9.17, 15) is 5.11 Å². The van der Waals surface area contributed by atoms with Crippen molar-refractivity contribution in [2.45, 2.75) is 70.2 Å². The van der Waals surface area contributed by atoms with Crippen LogP contribution in [0.2, 0.25) is 5.02 Å². The fourth-order valence-corrected chi connectivity index (χ4v) is 3.92. The number of piperidine rings is 1. The van der Waals surface area contributed by atoms with Crippen molar-refractivity contribution in [2.75, 3.05) is 0 Å². The van der Waals surface area contributed by atoms with E-state index in [1.54, 1.807) is 0 Å². The molecule has 5 heteroatoms. The number of fused-ring (bicyclic) bond motifs is 2. The molecular weight excluding hydrogens is 262 g/mol. The zero-order valence-electron chi connectivity index (χ0n) is 11.6. The molecule has 1 aromatic rings. The molecule has 4 nitrogen and oxygen atoms in total. The first-order valence-corrected chi connectivity index (χ1v) is 7.59. The van der Waals surface area contributed by atoms with Crippen LogP contribution in [0.4, 0.5) is 0 Å². The summed E-state index contributed by atoms with van der Waals surface area (Å²) in [4.78, 5) is 0. The average Bonchev–Trinajstić information content (AvgIpc) is 2.83. The number of nitrogens with zero attached hydrogens (tertiary/aromatic N) is 2. The molecule has 0 saturated carbocycles. The van der Waals surface area contributed by atoms with Crippen molar-refractivity contribution in [3.8, 4) is 0 Å². The van der Waals surface area contributed by atoms with Crippen molar-refractivity contribution < 1.29 is 5.11 Å². The number of aryl methyl sites for hydroxylation is 2. The van der Waals surface area contributed by atoms with E-state index in [1.807, 2.05) is 11.6 Å². The van der Waals surface area contributed by atoms with Gasteiger partial charge in [-0.25, -0.2) is 0 Å². The Morgan fingerprint density at radius 3 is 2.63 bits per heavy atom. The van der Waals surface area contributed by atoms with E-state index in [2.05, 4.69) is 17.3 Å². The van der Waals surface area contributed by atoms with Crippen molar-refractivity contribution in [2.24, 2.45) is 0 Å². The maximum absolute atomic E-state index is 10.9. The van der Waals surface area contributed by atoms with Gasteiger partial charge in [-0.15, -0.1) is 0 Å². The number of aromatic nitrogens is 2. The number of aliphatic hydroxyl groups is 1. The van der Waals surface area contributed by atoms with Gasteiger partial charge in [-0.2, -0.15) is 5.10 Å². The minimum absolute atomic E-state index is 0.474. The molecule has 2 saturated heterocycles. The molecule has 2 atom stereocenters. The Morgan fingerprint density at radius 1 is 1.42 bits per heavy atom. The molecular formula is C14H22ClN3O. The van der Waals surface area contributed by atoms with Crippen LogP contribution in [0.15, 0.2) is 0 Å². The van der Waals surface area contributed by atoms with Crippen LogP contribution in [0, 0.1) is 6.92 Å². The van der Waals surface area contributed by atoms with Gasteiger partial charge in [0.1, 0.15) is 0 Å². The maximum Gasteiger partial charge on any atom is 0.0848 e. The highest BCUT2D eigenvalue weighted by Crippen LogP contribution is 2.37. The quantitative estimate of drug-likeness (QED) is 0.893. The van der Waals surface area contributed by atoms with Gasteiger partial charge in [-0.05, 0) is 39.5 Å². The highest BCUT2D eigenvalue weighted by Gasteiger charge is 2.43. The molecule has 19 heavy (non-hydrogen) atoms. The molecule has 0 spiro atoms. The first-order valence-electron chi connectivity index (χ1n) is 7.21. The van der Waals surface area contributed by atoms with E-state index in [1.165, 1.54) is 12.8 Å². The summed E-state index contributed by atoms with van der Waals surface area (Å²) >= 11 is 6.35. The zero-order valence-corrected chi connectivity index (χ0v) is 12.4. The molecule has 2 fully saturated rings. The molecule has 2 aliphatic heterocycles. The minimum atomic E-state index is -0.625. The van der Waals surface area contributed by atoms with Crippen LogP contribution >= 0.6 is 11.6 Å². The van der Waals surface area contributed by atoms with Crippen LogP contribution in [0.25, 0.3) is 0 Å². The second-order valence-electron chi connectivity index (χ2n) is 6.11. The summed E-state index contributed by atoms with van der Waals surface area (Å²) < 4.78 is 1.93. The third-order valence-corrected chi connectivity index (χ3v) is 5.03. The zero-order chi connectivity index (χ0) is 13.6. The Bertz CT molecular complexity index is 473. The van der Waals surface area contributed by atoms with Crippen LogP contribution in [-0.2, 0) is 13.0 Å². The van der Waals surface area contributed by atoms with Gasteiger partial charge in [0.15, 0.2) is 0 Å². The van der Waals surface area contributed by atoms with E-state index in [4.69, 9.17) is 11.6 Å². The summed E-state index contributed by atoms with van der Waals surface area (Å²) in [5.41, 5.74) is 1.23. The lowest BCUT2D eigenvalue weighted by atomic mass is 9.83. The molecule has 2 unspecified atom stereocenters. The van der Waals surface area contributed by atoms with Gasteiger partial charge in [-0.3, -0.25) is 4.68 Å². The van der Waals surface area contributed by atoms with Crippen LogP contribution in [0.3, 0.4) is 0 Å². The molecule has 0 radical (unpaired) electrons. The molecule has 106 valence electrons. The van der Waals surface area contributed by atoms with Crippen molar-refractivity contribution in [3.63, 3.8) is 0 Å². The summed E-state index contributed by atoms with van der Waals surface area (Å²) in [7, 11) is 0. The highest BCUT2D eigenvalue weighted by molar-refractivity contribution is 6.31. The molecule has 0 aromatic carbocycles. The Morgan fingerprint density at radius 2 is 2.05 bits per heavy atom. The second kappa shape index (κ2) is 4.76. The fourth-order valence-electron chi connectivity index (χ4n) is 3.72. The molecule has 2 N–H and O–H groups in total. The van der Waals surface area contributed by atoms with Gasteiger partial charge in [0.05, 0.1) is 22.0 Å². The lowest BCUT2D eigenvalue weighted by molar-refractivity contribution is -0.00766. The molecule has 2 aliphatic rings. The number of nitrogens with one attached hydrogen (secondary N) is 1. The smallest absolute Gasteiger partial charge is 0.0848 e. The standard InChI is InChI=1S/C14H22ClN3O/c1-3-18-12(13(15)9(2)17-18)8-14(19)6-10-4-5-11(7-14)16-10/h10-11,16,19H,3-8H2,1-2H3. The maximum atomic E-state index is 10.9. The van der Waals surface area contributed by atoms with E-state index < -0.39 is 5.60 Å². The number of hydrogen-bond acceptors (Lipinski definition) is 3. The van der Waals surface area contributed by atoms with Crippen LogP contribution in [-0.4, -0.2) is 32.6 Å². The van der Waals surface area contributed by atoms with Gasteiger partial charge in [0.25, 0.3) is 0 Å². The third kappa shape index (κ3) is 2.41. The van der Waals surface area contributed by atoms with Crippen molar-refractivity contribution in [1.29, 1.82) is 0 Å². The summed E-state index contributed by atoms with van der Waals surface area (Å²) in [6, 6.07) is 0.947. The van der Waals surface area contributed by atoms with Crippen molar-refractivity contribution >= 4 is 11.6 Å². The molecule has 1 aromatic heterocycles. The van der Waals surface area contributed by atoms with Gasteiger partial charge in [0.2, 0.25) is 0 Å². The Labute approximate surface area is 119 Å². The van der Waals surface area contributed by atoms with E-state index in [-0.39, 0.29) is 0 Å². The minimum Gasteiger partial charge on any atom is -0.389 e. The SMILES string of the molecule is CCn1nc(C)c(Cl)c1CC1(O)CC2CCC(C1)N2. The molecule has 3 rings (SSSR count). The molecule has 0 aliphatic carbocycles. The normalized spacial score (nSPS) is 33.9. The predicted octanol–water partition coefficient (Wildman–Crippen LogP) is 2.05. The average molecular weight is 284 g/mol. The summed E-state index contributed by atoms with van der Waals surface area (Å²) in [6.07, 6.45) is 4.65. The number of rotatable bonds is 3. The van der Waals surface area contributed by atoms with Gasteiger partial charge < -0.3 is 10.4 Å². The number of halogens is 1. The largest absolute Gasteiger partial charge is 0.389 e. The monoisotopic (exact) mass is 283 g/mol. The van der Waals surface area contributed by atoms with E-state index in [0.29, 0.717) is 18.5 Å². The van der Waals surface area contributed by atoms with Gasteiger partial charge >= 0.3 is 0 Å². The van der Waals surface area contributed by atoms with Gasteiger partial charge in [0, 0.05) is 25.0 Å². The van der Waals surface area contributed by atoms with Crippen LogP contribution in [0.1, 0.15) is 44.0 Å². The van der Waals surface area contributed by atoms with E-state index >= 15 is 0 Å². The van der Waals surface area contributed by atoms with Crippen molar-refractivity contribution in [1.82, 2.24) is 15.1 Å². The van der Waals surface area contributed by atoms with Crippen LogP contribution in [0.5, 0.6) is 0 Å². The molecule has 0 amide bonds. The van der Waals surface area contributed by atoms with Crippen molar-refractivity contribution in [3.05, 3.63) is 16.4 Å². The lowest BCUT2D eigenvalue weighted by Crippen LogP contribution is -2.49. The Hall–Kier alpha value is -0.580. The fraction of sp³-hybridized carbons (Fsp3) is 0.786. The summed E-state index contributed by atoms with van der Waals surface area (Å²) in [5.74, 6) is 0. The Balaban J connectivity index is 1.84. The van der Waals surface area contributed by atoms with Gasteiger partial charge in [-0.1, -0.05) is 11.6 Å². The first kappa shape index (κ1) is 13.4. The topological polar surface area (TPSA) is 50.1 Å². The molecule has 2 bridgehead atoms. The van der Waals surface area contributed by atoms with E-state index in [0.717, 1.165) is 35.8 Å². The van der Waals surface area contributed by atoms with Crippen LogP contribution < -0.4 is 5.32 Å². The Kier molecular flexibility index (Phi) is 3.36. The first-order chi connectivity index (χ1) is 9.00. The summed E-state index contributed by atoms with van der Waals surface area (Å²) in [5, 5.41) is 19.6. The second-order valence-corrected chi connectivity index (χ2v) is 6.49. The highest BCUT2D eigenvalue weighted by atomic mass is 35.5. The predicted molar refractivity (Wildman–Crippen MR) is 75.5 cm³/mol. The third-order valence-electron chi connectivity index (χ3n) is 4.54.